The number of hydrogen-bond donors (Lipinski definition) is 2. The summed E-state index contributed by atoms with van der Waals surface area (Å²) in [5.41, 5.74) is 0.549. The number of hydrogen-bond acceptors (Lipinski definition) is 5. The normalized spacial score (nSPS) is 11.8. The van der Waals surface area contributed by atoms with E-state index in [0.717, 1.165) is 26.0 Å². The van der Waals surface area contributed by atoms with Gasteiger partial charge in [0.2, 0.25) is 0 Å². The number of nitrogens with one attached hydrogen (secondary N) is 1. The molecule has 0 bridgehead atoms. The van der Waals surface area contributed by atoms with Crippen LogP contribution in [0.25, 0.3) is 0 Å². The maximum absolute atomic E-state index is 9.76. The molecule has 0 fully saturated rings. The molecule has 20 heavy (non-hydrogen) atoms. The van der Waals surface area contributed by atoms with Crippen LogP contribution >= 0.6 is 0 Å². The van der Waals surface area contributed by atoms with Gasteiger partial charge in [0.15, 0.2) is 0 Å². The zero-order valence-corrected chi connectivity index (χ0v) is 11.8. The van der Waals surface area contributed by atoms with E-state index >= 15 is 0 Å². The van der Waals surface area contributed by atoms with Crippen molar-refractivity contribution < 1.29 is 14.6 Å². The predicted molar refractivity (Wildman–Crippen MR) is 76.6 cm³/mol. The number of benzene rings is 1. The van der Waals surface area contributed by atoms with Crippen LogP contribution in [-0.4, -0.2) is 44.6 Å². The fourth-order valence-electron chi connectivity index (χ4n) is 1.67. The second-order valence-corrected chi connectivity index (χ2v) is 4.51. The minimum Gasteiger partial charge on any atom is -0.491 e. The van der Waals surface area contributed by atoms with Gasteiger partial charge in [-0.1, -0.05) is 6.07 Å². The van der Waals surface area contributed by atoms with Crippen molar-refractivity contribution in [3.05, 3.63) is 29.8 Å². The van der Waals surface area contributed by atoms with Gasteiger partial charge >= 0.3 is 0 Å². The largest absolute Gasteiger partial charge is 0.491 e. The van der Waals surface area contributed by atoms with E-state index in [2.05, 4.69) is 5.32 Å². The van der Waals surface area contributed by atoms with Crippen molar-refractivity contribution in [2.45, 2.75) is 18.9 Å². The van der Waals surface area contributed by atoms with Gasteiger partial charge in [0.1, 0.15) is 18.5 Å². The molecule has 0 radical (unpaired) electrons. The number of aliphatic hydroxyl groups excluding tert-OH is 1. The van der Waals surface area contributed by atoms with Crippen LogP contribution in [0.2, 0.25) is 0 Å². The lowest BCUT2D eigenvalue weighted by Gasteiger charge is -2.13. The Morgan fingerprint density at radius 3 is 3.00 bits per heavy atom. The number of nitriles is 1. The molecule has 0 aromatic heterocycles. The Morgan fingerprint density at radius 1 is 1.40 bits per heavy atom. The summed E-state index contributed by atoms with van der Waals surface area (Å²) in [6.45, 7) is 2.32. The minimum atomic E-state index is -0.567. The zero-order chi connectivity index (χ0) is 14.6. The molecule has 1 aromatic carbocycles. The Hall–Kier alpha value is -1.61. The quantitative estimate of drug-likeness (QED) is 0.631. The maximum atomic E-state index is 9.76. The Kier molecular flexibility index (Phi) is 8.40. The fraction of sp³-hybridized carbons (Fsp3) is 0.533. The molecule has 1 atom stereocenters. The highest BCUT2D eigenvalue weighted by molar-refractivity contribution is 5.36. The number of rotatable bonds is 10. The van der Waals surface area contributed by atoms with Gasteiger partial charge in [0.25, 0.3) is 0 Å². The molecule has 0 saturated heterocycles. The van der Waals surface area contributed by atoms with Gasteiger partial charge in [0.05, 0.1) is 11.6 Å². The molecule has 2 N–H and O–H groups in total. The summed E-state index contributed by atoms with van der Waals surface area (Å²) in [5, 5.41) is 21.7. The predicted octanol–water partition coefficient (Wildman–Crippen LogP) is 1.31. The molecular formula is C15H22N2O3. The first-order valence-electron chi connectivity index (χ1n) is 6.77. The number of unbranched alkanes of at least 4 members (excludes halogenated alkanes) is 1. The smallest absolute Gasteiger partial charge is 0.120 e. The zero-order valence-electron chi connectivity index (χ0n) is 11.8. The van der Waals surface area contributed by atoms with E-state index in [0.29, 0.717) is 17.9 Å². The molecule has 1 rings (SSSR count). The van der Waals surface area contributed by atoms with Crippen molar-refractivity contribution >= 4 is 0 Å². The van der Waals surface area contributed by atoms with Crippen molar-refractivity contribution in [1.29, 1.82) is 5.26 Å². The summed E-state index contributed by atoms with van der Waals surface area (Å²) in [4.78, 5) is 0. The third-order valence-electron chi connectivity index (χ3n) is 2.74. The standard InChI is InChI=1S/C15H22N2O3/c1-19-8-3-2-7-17-11-14(18)12-20-15-6-4-5-13(9-15)10-16/h4-6,9,14,17-18H,2-3,7-8,11-12H2,1H3. The van der Waals surface area contributed by atoms with Crippen LogP contribution in [0.5, 0.6) is 5.75 Å². The Morgan fingerprint density at radius 2 is 2.25 bits per heavy atom. The molecule has 1 aromatic rings. The molecule has 5 heteroatoms. The first-order chi connectivity index (χ1) is 9.76. The van der Waals surface area contributed by atoms with Gasteiger partial charge in [-0.3, -0.25) is 0 Å². The highest BCUT2D eigenvalue weighted by atomic mass is 16.5. The second kappa shape index (κ2) is 10.2. The van der Waals surface area contributed by atoms with E-state index in [1.54, 1.807) is 31.4 Å². The molecule has 0 spiro atoms. The van der Waals surface area contributed by atoms with Crippen LogP contribution in [0.1, 0.15) is 18.4 Å². The van der Waals surface area contributed by atoms with E-state index in [9.17, 15) is 5.11 Å². The summed E-state index contributed by atoms with van der Waals surface area (Å²) >= 11 is 0. The number of methoxy groups -OCH3 is 1. The van der Waals surface area contributed by atoms with Crippen LogP contribution < -0.4 is 10.1 Å². The van der Waals surface area contributed by atoms with Crippen molar-refractivity contribution in [2.24, 2.45) is 0 Å². The lowest BCUT2D eigenvalue weighted by molar-refractivity contribution is 0.106. The fourth-order valence-corrected chi connectivity index (χ4v) is 1.67. The summed E-state index contributed by atoms with van der Waals surface area (Å²) in [6.07, 6.45) is 1.46. The van der Waals surface area contributed by atoms with Gasteiger partial charge in [-0.25, -0.2) is 0 Å². The Labute approximate surface area is 120 Å². The Bertz CT molecular complexity index is 418. The maximum Gasteiger partial charge on any atom is 0.120 e. The molecule has 1 unspecified atom stereocenters. The van der Waals surface area contributed by atoms with Crippen LogP contribution in [0, 0.1) is 11.3 Å². The molecule has 0 aliphatic rings. The average Bonchev–Trinajstić information content (AvgIpc) is 2.49. The van der Waals surface area contributed by atoms with Crippen molar-refractivity contribution in [3.8, 4) is 11.8 Å². The first kappa shape index (κ1) is 16.4. The summed E-state index contributed by atoms with van der Waals surface area (Å²) in [5.74, 6) is 0.600. The van der Waals surface area contributed by atoms with Crippen LogP contribution in [-0.2, 0) is 4.74 Å². The molecule has 0 amide bonds. The molecule has 0 aliphatic heterocycles. The number of nitrogens with zero attached hydrogens (tertiary/aromatic N) is 1. The van der Waals surface area contributed by atoms with Crippen molar-refractivity contribution in [3.63, 3.8) is 0 Å². The van der Waals surface area contributed by atoms with Crippen molar-refractivity contribution in [1.82, 2.24) is 5.32 Å². The van der Waals surface area contributed by atoms with E-state index in [4.69, 9.17) is 14.7 Å². The van der Waals surface area contributed by atoms with Crippen LogP contribution in [0.3, 0.4) is 0 Å². The van der Waals surface area contributed by atoms with Gasteiger partial charge in [-0.15, -0.1) is 0 Å². The van der Waals surface area contributed by atoms with Crippen LogP contribution in [0.15, 0.2) is 24.3 Å². The Balaban J connectivity index is 2.13. The molecule has 0 saturated carbocycles. The summed E-state index contributed by atoms with van der Waals surface area (Å²) < 4.78 is 10.4. The van der Waals surface area contributed by atoms with Crippen LogP contribution in [0.4, 0.5) is 0 Å². The number of aliphatic hydroxyl groups is 1. The highest BCUT2D eigenvalue weighted by Gasteiger charge is 2.05. The molecular weight excluding hydrogens is 256 g/mol. The van der Waals surface area contributed by atoms with Crippen molar-refractivity contribution in [2.75, 3.05) is 33.4 Å². The van der Waals surface area contributed by atoms with E-state index < -0.39 is 6.10 Å². The topological polar surface area (TPSA) is 74.5 Å². The molecule has 0 heterocycles. The molecule has 0 aliphatic carbocycles. The minimum absolute atomic E-state index is 0.208. The lowest BCUT2D eigenvalue weighted by Crippen LogP contribution is -2.32. The second-order valence-electron chi connectivity index (χ2n) is 4.51. The van der Waals surface area contributed by atoms with E-state index in [1.807, 2.05) is 6.07 Å². The van der Waals surface area contributed by atoms with Gasteiger partial charge in [-0.05, 0) is 37.6 Å². The van der Waals surface area contributed by atoms with Gasteiger partial charge in [-0.2, -0.15) is 5.26 Å². The molecule has 5 nitrogen and oxygen atoms in total. The van der Waals surface area contributed by atoms with E-state index in [-0.39, 0.29) is 6.61 Å². The molecule has 110 valence electrons. The SMILES string of the molecule is COCCCCNCC(O)COc1cccc(C#N)c1. The third-order valence-corrected chi connectivity index (χ3v) is 2.74. The summed E-state index contributed by atoms with van der Waals surface area (Å²) in [7, 11) is 1.69. The van der Waals surface area contributed by atoms with E-state index in [1.165, 1.54) is 0 Å². The first-order valence-corrected chi connectivity index (χ1v) is 6.77. The highest BCUT2D eigenvalue weighted by Crippen LogP contribution is 2.12. The number of ether oxygens (including phenoxy) is 2. The lowest BCUT2D eigenvalue weighted by atomic mass is 10.2. The monoisotopic (exact) mass is 278 g/mol. The summed E-state index contributed by atoms with van der Waals surface area (Å²) in [6, 6.07) is 8.95. The third kappa shape index (κ3) is 7.10. The average molecular weight is 278 g/mol. The van der Waals surface area contributed by atoms with Gasteiger partial charge in [0, 0.05) is 20.3 Å². The van der Waals surface area contributed by atoms with Gasteiger partial charge < -0.3 is 19.9 Å².